The van der Waals surface area contributed by atoms with E-state index < -0.39 is 0 Å². The van der Waals surface area contributed by atoms with E-state index in [1.165, 1.54) is 0 Å². The van der Waals surface area contributed by atoms with Crippen LogP contribution in [0.5, 0.6) is 23.0 Å². The van der Waals surface area contributed by atoms with Crippen LogP contribution < -0.4 is 19.5 Å². The molecule has 5 nitrogen and oxygen atoms in total. The lowest BCUT2D eigenvalue weighted by Crippen LogP contribution is -2.15. The van der Waals surface area contributed by atoms with E-state index in [0.717, 1.165) is 16.9 Å². The van der Waals surface area contributed by atoms with Crippen LogP contribution in [0, 0.1) is 6.92 Å². The van der Waals surface area contributed by atoms with Gasteiger partial charge < -0.3 is 19.5 Å². The lowest BCUT2D eigenvalue weighted by molar-refractivity contribution is -0.115. The maximum absolute atomic E-state index is 12.4. The van der Waals surface area contributed by atoms with Crippen molar-refractivity contribution >= 4 is 11.6 Å². The van der Waals surface area contributed by atoms with Crippen molar-refractivity contribution in [1.82, 2.24) is 0 Å². The first-order chi connectivity index (χ1) is 13.6. The van der Waals surface area contributed by atoms with Gasteiger partial charge in [-0.25, -0.2) is 0 Å². The summed E-state index contributed by atoms with van der Waals surface area (Å²) in [5, 5.41) is 2.89. The van der Waals surface area contributed by atoms with E-state index in [4.69, 9.17) is 14.2 Å². The summed E-state index contributed by atoms with van der Waals surface area (Å²) in [7, 11) is 3.17. The van der Waals surface area contributed by atoms with Crippen molar-refractivity contribution in [2.45, 2.75) is 13.3 Å². The molecule has 144 valence electrons. The van der Waals surface area contributed by atoms with Gasteiger partial charge in [0.2, 0.25) is 5.91 Å². The molecule has 0 radical (unpaired) electrons. The summed E-state index contributed by atoms with van der Waals surface area (Å²) in [6.07, 6.45) is 0.182. The predicted octanol–water partition coefficient (Wildman–Crippen LogP) is 4.99. The summed E-state index contributed by atoms with van der Waals surface area (Å²) in [6.45, 7) is 2.02. The molecule has 0 aliphatic rings. The number of rotatable bonds is 7. The highest BCUT2D eigenvalue weighted by Crippen LogP contribution is 2.26. The minimum atomic E-state index is -0.140. The lowest BCUT2D eigenvalue weighted by atomic mass is 10.1. The molecule has 3 rings (SSSR count). The number of ether oxygens (including phenoxy) is 3. The maximum Gasteiger partial charge on any atom is 0.228 e. The summed E-state index contributed by atoms with van der Waals surface area (Å²) in [5.74, 6) is 2.68. The Kier molecular flexibility index (Phi) is 6.17. The number of nitrogens with one attached hydrogen (secondary N) is 1. The molecular formula is C23H23NO4. The number of hydrogen-bond acceptors (Lipinski definition) is 4. The number of carbonyl (C=O) groups is 1. The standard InChI is InChI=1S/C23H23NO4/c1-16-5-4-6-21(13-16)28-19-9-7-18(8-10-19)24-23(25)15-17-14-20(26-2)11-12-22(17)27-3/h4-14H,15H2,1-3H3,(H,24,25). The normalized spacial score (nSPS) is 10.2. The fraction of sp³-hybridized carbons (Fsp3) is 0.174. The Bertz CT molecular complexity index is 951. The third kappa shape index (κ3) is 5.04. The molecule has 0 heterocycles. The average Bonchev–Trinajstić information content (AvgIpc) is 2.69. The van der Waals surface area contributed by atoms with Gasteiger partial charge >= 0.3 is 0 Å². The Morgan fingerprint density at radius 3 is 2.29 bits per heavy atom. The summed E-state index contributed by atoms with van der Waals surface area (Å²) >= 11 is 0. The highest BCUT2D eigenvalue weighted by Gasteiger charge is 2.11. The van der Waals surface area contributed by atoms with Crippen LogP contribution in [0.4, 0.5) is 5.69 Å². The lowest BCUT2D eigenvalue weighted by Gasteiger charge is -2.11. The van der Waals surface area contributed by atoms with Crippen molar-refractivity contribution in [3.8, 4) is 23.0 Å². The second-order valence-electron chi connectivity index (χ2n) is 6.35. The maximum atomic E-state index is 12.4. The molecule has 0 fully saturated rings. The smallest absolute Gasteiger partial charge is 0.228 e. The monoisotopic (exact) mass is 377 g/mol. The molecule has 0 atom stereocenters. The third-order valence-electron chi connectivity index (χ3n) is 4.20. The number of aryl methyl sites for hydroxylation is 1. The minimum Gasteiger partial charge on any atom is -0.497 e. The van der Waals surface area contributed by atoms with Crippen molar-refractivity contribution < 1.29 is 19.0 Å². The summed E-state index contributed by atoms with van der Waals surface area (Å²) < 4.78 is 16.4. The van der Waals surface area contributed by atoms with Crippen molar-refractivity contribution in [3.63, 3.8) is 0 Å². The van der Waals surface area contributed by atoms with Gasteiger partial charge in [0.05, 0.1) is 20.6 Å². The molecule has 0 aliphatic carbocycles. The zero-order valence-corrected chi connectivity index (χ0v) is 16.2. The molecule has 0 aliphatic heterocycles. The van der Waals surface area contributed by atoms with Gasteiger partial charge in [0.1, 0.15) is 23.0 Å². The molecule has 3 aromatic carbocycles. The number of amides is 1. The second kappa shape index (κ2) is 8.95. The van der Waals surface area contributed by atoms with Crippen LogP contribution in [0.1, 0.15) is 11.1 Å². The van der Waals surface area contributed by atoms with Crippen molar-refractivity contribution in [2.75, 3.05) is 19.5 Å². The highest BCUT2D eigenvalue weighted by molar-refractivity contribution is 5.92. The molecule has 0 bridgehead atoms. The third-order valence-corrected chi connectivity index (χ3v) is 4.20. The minimum absolute atomic E-state index is 0.140. The molecule has 0 saturated carbocycles. The molecular weight excluding hydrogens is 354 g/mol. The van der Waals surface area contributed by atoms with Gasteiger partial charge in [-0.1, -0.05) is 12.1 Å². The van der Waals surface area contributed by atoms with Gasteiger partial charge in [-0.2, -0.15) is 0 Å². The van der Waals surface area contributed by atoms with Crippen LogP contribution in [0.3, 0.4) is 0 Å². The van der Waals surface area contributed by atoms with Gasteiger partial charge in [0.25, 0.3) is 0 Å². The number of benzene rings is 3. The Hall–Kier alpha value is -3.47. The summed E-state index contributed by atoms with van der Waals surface area (Å²) in [4.78, 5) is 12.4. The molecule has 1 N–H and O–H groups in total. The Balaban J connectivity index is 1.63. The first-order valence-electron chi connectivity index (χ1n) is 8.92. The van der Waals surface area contributed by atoms with Crippen molar-refractivity contribution in [2.24, 2.45) is 0 Å². The molecule has 0 aromatic heterocycles. The molecule has 0 saturated heterocycles. The quantitative estimate of drug-likeness (QED) is 0.630. The predicted molar refractivity (Wildman–Crippen MR) is 110 cm³/mol. The van der Waals surface area contributed by atoms with Gasteiger partial charge in [-0.3, -0.25) is 4.79 Å². The fourth-order valence-electron chi connectivity index (χ4n) is 2.82. The number of carbonyl (C=O) groups excluding carboxylic acids is 1. The summed E-state index contributed by atoms with van der Waals surface area (Å²) in [6, 6.07) is 20.5. The topological polar surface area (TPSA) is 56.8 Å². The van der Waals surface area contributed by atoms with Crippen LogP contribution in [0.15, 0.2) is 66.7 Å². The number of anilines is 1. The molecule has 0 spiro atoms. The molecule has 1 amide bonds. The highest BCUT2D eigenvalue weighted by atomic mass is 16.5. The van der Waals surface area contributed by atoms with Gasteiger partial charge in [-0.05, 0) is 67.1 Å². The van der Waals surface area contributed by atoms with Crippen LogP contribution >= 0.6 is 0 Å². The van der Waals surface area contributed by atoms with Crippen LogP contribution in [0.25, 0.3) is 0 Å². The van der Waals surface area contributed by atoms with Crippen LogP contribution in [0.2, 0.25) is 0 Å². The zero-order chi connectivity index (χ0) is 19.9. The first kappa shape index (κ1) is 19.3. The molecule has 5 heteroatoms. The fourth-order valence-corrected chi connectivity index (χ4v) is 2.82. The number of hydrogen-bond donors (Lipinski definition) is 1. The van der Waals surface area contributed by atoms with E-state index in [1.807, 2.05) is 55.5 Å². The van der Waals surface area contributed by atoms with E-state index >= 15 is 0 Å². The van der Waals surface area contributed by atoms with Gasteiger partial charge in [0, 0.05) is 11.3 Å². The van der Waals surface area contributed by atoms with Crippen molar-refractivity contribution in [1.29, 1.82) is 0 Å². The second-order valence-corrected chi connectivity index (χ2v) is 6.35. The van der Waals surface area contributed by atoms with Crippen LogP contribution in [-0.4, -0.2) is 20.1 Å². The molecule has 28 heavy (non-hydrogen) atoms. The molecule has 0 unspecified atom stereocenters. The zero-order valence-electron chi connectivity index (χ0n) is 16.2. The Labute approximate surface area is 164 Å². The van der Waals surface area contributed by atoms with Gasteiger partial charge in [-0.15, -0.1) is 0 Å². The van der Waals surface area contributed by atoms with Gasteiger partial charge in [0.15, 0.2) is 0 Å². The Morgan fingerprint density at radius 2 is 1.61 bits per heavy atom. The molecule has 3 aromatic rings. The van der Waals surface area contributed by atoms with E-state index in [9.17, 15) is 4.79 Å². The SMILES string of the molecule is COc1ccc(OC)c(CC(=O)Nc2ccc(Oc3cccc(C)c3)cc2)c1. The van der Waals surface area contributed by atoms with E-state index in [0.29, 0.717) is 22.9 Å². The van der Waals surface area contributed by atoms with Crippen molar-refractivity contribution in [3.05, 3.63) is 77.9 Å². The Morgan fingerprint density at radius 1 is 0.857 bits per heavy atom. The first-order valence-corrected chi connectivity index (χ1v) is 8.92. The average molecular weight is 377 g/mol. The van der Waals surface area contributed by atoms with Crippen LogP contribution in [-0.2, 0) is 11.2 Å². The summed E-state index contributed by atoms with van der Waals surface area (Å²) in [5.41, 5.74) is 2.59. The largest absolute Gasteiger partial charge is 0.497 e. The number of methoxy groups -OCH3 is 2. The van der Waals surface area contributed by atoms with E-state index in [1.54, 1.807) is 32.4 Å². The van der Waals surface area contributed by atoms with E-state index in [2.05, 4.69) is 5.32 Å². The van der Waals surface area contributed by atoms with E-state index in [-0.39, 0.29) is 12.3 Å².